The van der Waals surface area contributed by atoms with Crippen molar-refractivity contribution >= 4 is 5.82 Å². The molecule has 0 unspecified atom stereocenters. The summed E-state index contributed by atoms with van der Waals surface area (Å²) in [5, 5.41) is 0. The van der Waals surface area contributed by atoms with Gasteiger partial charge in [-0.15, -0.1) is 0 Å². The first-order valence-electron chi connectivity index (χ1n) is 8.29. The summed E-state index contributed by atoms with van der Waals surface area (Å²) in [5.74, 6) is 1.90. The summed E-state index contributed by atoms with van der Waals surface area (Å²) < 4.78 is 0. The van der Waals surface area contributed by atoms with E-state index in [2.05, 4.69) is 21.8 Å². The molecule has 1 aliphatic heterocycles. The van der Waals surface area contributed by atoms with Crippen molar-refractivity contribution in [2.24, 2.45) is 5.92 Å². The van der Waals surface area contributed by atoms with E-state index in [0.717, 1.165) is 30.5 Å². The van der Waals surface area contributed by atoms with E-state index < -0.39 is 0 Å². The van der Waals surface area contributed by atoms with Crippen molar-refractivity contribution in [2.45, 2.75) is 68.2 Å². The van der Waals surface area contributed by atoms with Gasteiger partial charge in [-0.3, -0.25) is 4.98 Å². The molecule has 0 saturated carbocycles. The van der Waals surface area contributed by atoms with E-state index in [1.165, 1.54) is 12.8 Å². The number of nitrogens with zero attached hydrogens (tertiary/aromatic N) is 3. The zero-order valence-corrected chi connectivity index (χ0v) is 14.9. The van der Waals surface area contributed by atoms with Gasteiger partial charge in [-0.25, -0.2) is 4.98 Å². The minimum absolute atomic E-state index is 0.865. The molecule has 0 radical (unpaired) electrons. The van der Waals surface area contributed by atoms with E-state index >= 15 is 0 Å². The molecule has 0 bridgehead atoms. The Bertz CT molecular complexity index is 288. The molecule has 3 heteroatoms. The summed E-state index contributed by atoms with van der Waals surface area (Å²) in [6, 6.07) is 0. The van der Waals surface area contributed by atoms with E-state index in [1.807, 2.05) is 60.9 Å². The zero-order chi connectivity index (χ0) is 16.0. The second kappa shape index (κ2) is 14.3. The van der Waals surface area contributed by atoms with Crippen LogP contribution in [0.4, 0.5) is 5.82 Å². The lowest BCUT2D eigenvalue weighted by Crippen LogP contribution is -2.33. The summed E-state index contributed by atoms with van der Waals surface area (Å²) in [5.41, 5.74) is 0.985. The molecular weight excluding hydrogens is 246 g/mol. The summed E-state index contributed by atoms with van der Waals surface area (Å²) >= 11 is 0. The highest BCUT2D eigenvalue weighted by atomic mass is 15.2. The predicted molar refractivity (Wildman–Crippen MR) is 91.4 cm³/mol. The second-order valence-electron chi connectivity index (χ2n) is 4.19. The van der Waals surface area contributed by atoms with Crippen molar-refractivity contribution in [3.8, 4) is 0 Å². The van der Waals surface area contributed by atoms with Crippen LogP contribution in [0.2, 0.25) is 0 Å². The van der Waals surface area contributed by atoms with Gasteiger partial charge in [0, 0.05) is 13.1 Å². The van der Waals surface area contributed by atoms with Gasteiger partial charge < -0.3 is 4.90 Å². The fraction of sp³-hybridized carbons (Fsp3) is 0.765. The molecule has 0 aliphatic carbocycles. The maximum Gasteiger partial charge on any atom is 0.147 e. The van der Waals surface area contributed by atoms with Crippen molar-refractivity contribution in [1.82, 2.24) is 9.97 Å². The second-order valence-corrected chi connectivity index (χ2v) is 4.19. The highest BCUT2D eigenvalue weighted by molar-refractivity contribution is 5.36. The zero-order valence-electron chi connectivity index (χ0n) is 14.9. The van der Waals surface area contributed by atoms with Gasteiger partial charge >= 0.3 is 0 Å². The predicted octanol–water partition coefficient (Wildman–Crippen LogP) is 5.10. The third-order valence-corrected chi connectivity index (χ3v) is 2.87. The Morgan fingerprint density at radius 3 is 1.80 bits per heavy atom. The van der Waals surface area contributed by atoms with Crippen LogP contribution in [-0.2, 0) is 0 Å². The number of aromatic nitrogens is 2. The summed E-state index contributed by atoms with van der Waals surface area (Å²) in [6.07, 6.45) is 6.27. The van der Waals surface area contributed by atoms with Crippen LogP contribution in [0, 0.1) is 12.8 Å². The molecule has 0 N–H and O–H groups in total. The first-order chi connectivity index (χ1) is 9.75. The van der Waals surface area contributed by atoms with Crippen molar-refractivity contribution in [3.63, 3.8) is 0 Å². The minimum atomic E-state index is 0.865. The van der Waals surface area contributed by atoms with Crippen LogP contribution in [-0.4, -0.2) is 23.1 Å². The molecule has 0 aromatic carbocycles. The summed E-state index contributed by atoms with van der Waals surface area (Å²) in [6.45, 7) is 18.5. The third-order valence-electron chi connectivity index (χ3n) is 2.87. The summed E-state index contributed by atoms with van der Waals surface area (Å²) in [7, 11) is 0. The van der Waals surface area contributed by atoms with Crippen molar-refractivity contribution < 1.29 is 0 Å². The number of aryl methyl sites for hydroxylation is 1. The number of hydrogen-bond acceptors (Lipinski definition) is 3. The molecule has 2 heterocycles. The Hall–Kier alpha value is -1.12. The van der Waals surface area contributed by atoms with Crippen molar-refractivity contribution in [3.05, 3.63) is 18.1 Å². The smallest absolute Gasteiger partial charge is 0.147 e. The standard InChI is InChI=1S/C11H17N3.3C2H6/c1-9-3-5-14(6-4-9)11-8-12-10(2)7-13-11;3*1-2/h7-9H,3-6H2,1-2H3;3*1-2H3. The lowest BCUT2D eigenvalue weighted by atomic mass is 9.99. The van der Waals surface area contributed by atoms with E-state index in [9.17, 15) is 0 Å². The molecule has 3 nitrogen and oxygen atoms in total. The van der Waals surface area contributed by atoms with Gasteiger partial charge in [-0.1, -0.05) is 48.5 Å². The molecule has 1 aliphatic rings. The average molecular weight is 281 g/mol. The Kier molecular flexibility index (Phi) is 15.1. The lowest BCUT2D eigenvalue weighted by molar-refractivity contribution is 0.436. The molecule has 2 rings (SSSR count). The lowest BCUT2D eigenvalue weighted by Gasteiger charge is -2.30. The Morgan fingerprint density at radius 2 is 1.40 bits per heavy atom. The van der Waals surface area contributed by atoms with Gasteiger partial charge in [-0.2, -0.15) is 0 Å². The van der Waals surface area contributed by atoms with Crippen LogP contribution in [0.25, 0.3) is 0 Å². The molecule has 0 spiro atoms. The van der Waals surface area contributed by atoms with Crippen molar-refractivity contribution in [2.75, 3.05) is 18.0 Å². The highest BCUT2D eigenvalue weighted by Crippen LogP contribution is 2.20. The van der Waals surface area contributed by atoms with E-state index in [-0.39, 0.29) is 0 Å². The van der Waals surface area contributed by atoms with Crippen LogP contribution >= 0.6 is 0 Å². The summed E-state index contributed by atoms with van der Waals surface area (Å²) in [4.78, 5) is 11.0. The van der Waals surface area contributed by atoms with Crippen molar-refractivity contribution in [1.29, 1.82) is 0 Å². The highest BCUT2D eigenvalue weighted by Gasteiger charge is 2.16. The number of anilines is 1. The number of hydrogen-bond donors (Lipinski definition) is 0. The average Bonchev–Trinajstić information content (AvgIpc) is 2.55. The molecule has 118 valence electrons. The van der Waals surface area contributed by atoms with Gasteiger partial charge in [0.1, 0.15) is 5.82 Å². The molecule has 20 heavy (non-hydrogen) atoms. The maximum atomic E-state index is 4.39. The first-order valence-corrected chi connectivity index (χ1v) is 8.29. The van der Waals surface area contributed by atoms with Crippen LogP contribution < -0.4 is 4.90 Å². The monoisotopic (exact) mass is 281 g/mol. The van der Waals surface area contributed by atoms with Crippen LogP contribution in [0.5, 0.6) is 0 Å². The number of rotatable bonds is 1. The number of piperidine rings is 1. The maximum absolute atomic E-state index is 4.39. The fourth-order valence-electron chi connectivity index (χ4n) is 1.79. The van der Waals surface area contributed by atoms with Gasteiger partial charge in [0.15, 0.2) is 0 Å². The van der Waals surface area contributed by atoms with Crippen LogP contribution in [0.15, 0.2) is 12.4 Å². The Labute approximate surface area is 126 Å². The van der Waals surface area contributed by atoms with Crippen LogP contribution in [0.1, 0.15) is 67.0 Å². The quantitative estimate of drug-likeness (QED) is 0.717. The van der Waals surface area contributed by atoms with Gasteiger partial charge in [0.25, 0.3) is 0 Å². The topological polar surface area (TPSA) is 29.0 Å². The molecule has 0 atom stereocenters. The largest absolute Gasteiger partial charge is 0.355 e. The van der Waals surface area contributed by atoms with E-state index in [1.54, 1.807) is 0 Å². The van der Waals surface area contributed by atoms with E-state index in [4.69, 9.17) is 0 Å². The molecule has 1 saturated heterocycles. The van der Waals surface area contributed by atoms with Gasteiger partial charge in [0.05, 0.1) is 18.1 Å². The Morgan fingerprint density at radius 1 is 0.900 bits per heavy atom. The third kappa shape index (κ3) is 8.13. The minimum Gasteiger partial charge on any atom is -0.355 e. The van der Waals surface area contributed by atoms with Gasteiger partial charge in [0.2, 0.25) is 0 Å². The molecule has 1 aromatic heterocycles. The molecule has 0 amide bonds. The Balaban J connectivity index is 0. The fourth-order valence-corrected chi connectivity index (χ4v) is 1.79. The van der Waals surface area contributed by atoms with E-state index in [0.29, 0.717) is 0 Å². The first kappa shape index (κ1) is 21.2. The normalized spacial score (nSPS) is 13.9. The van der Waals surface area contributed by atoms with Crippen LogP contribution in [0.3, 0.4) is 0 Å². The SMILES string of the molecule is CC.CC.CC.Cc1cnc(N2CCC(C)CC2)cn1. The molecule has 1 aromatic rings. The van der Waals surface area contributed by atoms with Gasteiger partial charge in [-0.05, 0) is 25.7 Å². The molecular formula is C17H35N3. The molecule has 1 fully saturated rings.